The van der Waals surface area contributed by atoms with Crippen molar-refractivity contribution in [3.05, 3.63) is 87.1 Å². The van der Waals surface area contributed by atoms with E-state index in [9.17, 15) is 10.1 Å². The van der Waals surface area contributed by atoms with Crippen molar-refractivity contribution in [3.63, 3.8) is 0 Å². The van der Waals surface area contributed by atoms with Gasteiger partial charge in [-0.3, -0.25) is 15.2 Å². The van der Waals surface area contributed by atoms with E-state index in [1.807, 2.05) is 0 Å². The van der Waals surface area contributed by atoms with Crippen LogP contribution in [0.15, 0.2) is 66.0 Å². The van der Waals surface area contributed by atoms with Crippen molar-refractivity contribution >= 4 is 58.4 Å². The first-order valence-electron chi connectivity index (χ1n) is 9.96. The molecule has 4 rings (SSSR count). The fourth-order valence-corrected chi connectivity index (χ4v) is 4.99. The van der Waals surface area contributed by atoms with Gasteiger partial charge in [-0.15, -0.1) is 11.3 Å². The molecule has 1 amide bonds. The summed E-state index contributed by atoms with van der Waals surface area (Å²) in [5.74, 6) is -0.178. The highest BCUT2D eigenvalue weighted by Gasteiger charge is 2.25. The Morgan fingerprint density at radius 2 is 1.94 bits per heavy atom. The molecule has 0 aliphatic heterocycles. The van der Waals surface area contributed by atoms with E-state index >= 15 is 0 Å². The molecule has 1 aromatic carbocycles. The molecule has 0 saturated carbocycles. The number of carbonyl (C=O) groups excluding carboxylic acids is 1. The molecule has 0 bridgehead atoms. The number of nitriles is 1. The minimum atomic E-state index is -0.350. The standard InChI is InChI=1S/C24H15Cl2N7OS/c25-15-1-2-16(18(26)10-15)20-17(11-27)21(35-22(20)23(29)32-12-28)14-5-8-31-19(9-14)33-24(34)13-3-6-30-7-4-13/h1-10,12H,(H3,28,29,32)(H,31,33,34). The molecule has 4 aromatic rings. The van der Waals surface area contributed by atoms with Crippen molar-refractivity contribution < 1.29 is 4.79 Å². The number of anilines is 1. The molecule has 4 N–H and O–H groups in total. The molecule has 0 radical (unpaired) electrons. The number of amidine groups is 1. The number of nitrogens with two attached hydrogens (primary N) is 1. The van der Waals surface area contributed by atoms with Crippen LogP contribution in [-0.2, 0) is 0 Å². The lowest BCUT2D eigenvalue weighted by atomic mass is 9.98. The second-order valence-electron chi connectivity index (χ2n) is 6.99. The number of hydrogen-bond donors (Lipinski definition) is 3. The number of carbonyl (C=O) groups is 1. The maximum Gasteiger partial charge on any atom is 0.256 e. The first-order chi connectivity index (χ1) is 16.9. The lowest BCUT2D eigenvalue weighted by Crippen LogP contribution is -2.12. The highest BCUT2D eigenvalue weighted by Crippen LogP contribution is 2.45. The molecular formula is C24H15Cl2N7OS. The summed E-state index contributed by atoms with van der Waals surface area (Å²) in [5, 5.41) is 22.0. The van der Waals surface area contributed by atoms with Crippen molar-refractivity contribution in [2.24, 2.45) is 10.7 Å². The van der Waals surface area contributed by atoms with Crippen LogP contribution in [0.5, 0.6) is 0 Å². The zero-order valence-electron chi connectivity index (χ0n) is 17.8. The van der Waals surface area contributed by atoms with Crippen molar-refractivity contribution in [1.29, 1.82) is 10.7 Å². The van der Waals surface area contributed by atoms with E-state index in [4.69, 9.17) is 34.3 Å². The molecule has 0 fully saturated rings. The first kappa shape index (κ1) is 24.0. The van der Waals surface area contributed by atoms with Gasteiger partial charge in [0.1, 0.15) is 11.9 Å². The molecule has 8 nitrogen and oxygen atoms in total. The third kappa shape index (κ3) is 5.05. The summed E-state index contributed by atoms with van der Waals surface area (Å²) < 4.78 is 0. The van der Waals surface area contributed by atoms with Crippen molar-refractivity contribution in [2.45, 2.75) is 0 Å². The summed E-state index contributed by atoms with van der Waals surface area (Å²) in [6, 6.07) is 13.7. The van der Waals surface area contributed by atoms with Crippen molar-refractivity contribution in [3.8, 4) is 27.6 Å². The van der Waals surface area contributed by atoms with Gasteiger partial charge in [0.25, 0.3) is 5.91 Å². The van der Waals surface area contributed by atoms with Crippen LogP contribution in [0, 0.1) is 16.7 Å². The van der Waals surface area contributed by atoms with Crippen LogP contribution in [0.2, 0.25) is 10.0 Å². The quantitative estimate of drug-likeness (QED) is 0.232. The summed E-state index contributed by atoms with van der Waals surface area (Å²) in [6.07, 6.45) is 5.58. The minimum absolute atomic E-state index is 0.124. The molecule has 0 saturated heterocycles. The topological polar surface area (TPSA) is 141 Å². The van der Waals surface area contributed by atoms with Gasteiger partial charge in [-0.2, -0.15) is 5.26 Å². The number of nitrogens with zero attached hydrogens (tertiary/aromatic N) is 4. The number of amides is 1. The van der Waals surface area contributed by atoms with Gasteiger partial charge in [0.2, 0.25) is 0 Å². The molecule has 3 aromatic heterocycles. The molecule has 3 heterocycles. The lowest BCUT2D eigenvalue weighted by molar-refractivity contribution is 0.102. The summed E-state index contributed by atoms with van der Waals surface area (Å²) in [6.45, 7) is 0. The van der Waals surface area contributed by atoms with E-state index < -0.39 is 0 Å². The zero-order valence-corrected chi connectivity index (χ0v) is 20.1. The minimum Gasteiger partial charge on any atom is -0.390 e. The number of halogens is 2. The van der Waals surface area contributed by atoms with Crippen molar-refractivity contribution in [2.75, 3.05) is 5.32 Å². The molecule has 172 valence electrons. The Morgan fingerprint density at radius 3 is 2.63 bits per heavy atom. The van der Waals surface area contributed by atoms with Gasteiger partial charge in [-0.1, -0.05) is 29.3 Å². The van der Waals surface area contributed by atoms with Gasteiger partial charge >= 0.3 is 0 Å². The molecule has 35 heavy (non-hydrogen) atoms. The Hall–Kier alpha value is -4.10. The average molecular weight is 520 g/mol. The number of rotatable bonds is 5. The Labute approximate surface area is 214 Å². The molecule has 11 heteroatoms. The predicted molar refractivity (Wildman–Crippen MR) is 139 cm³/mol. The Bertz CT molecular complexity index is 1510. The number of benzene rings is 1. The normalized spacial score (nSPS) is 10.8. The van der Waals surface area contributed by atoms with E-state index in [0.29, 0.717) is 53.4 Å². The van der Waals surface area contributed by atoms with Crippen LogP contribution in [0.4, 0.5) is 5.82 Å². The van der Waals surface area contributed by atoms with Crippen LogP contribution < -0.4 is 11.1 Å². The maximum absolute atomic E-state index is 12.5. The van der Waals surface area contributed by atoms with Crippen LogP contribution in [0.3, 0.4) is 0 Å². The predicted octanol–water partition coefficient (Wildman–Crippen LogP) is 5.62. The Morgan fingerprint density at radius 1 is 1.17 bits per heavy atom. The number of nitrogens with one attached hydrogen (secondary N) is 2. The maximum atomic E-state index is 12.5. The SMILES string of the molecule is N#Cc1c(-c2ccnc(NC(=O)c3ccncc3)c2)sc(C(=N)N=CN)c1-c1ccc(Cl)cc1Cl. The summed E-state index contributed by atoms with van der Waals surface area (Å²) >= 11 is 13.7. The molecule has 0 aliphatic rings. The highest BCUT2D eigenvalue weighted by atomic mass is 35.5. The molecular weight excluding hydrogens is 505 g/mol. The summed E-state index contributed by atoms with van der Waals surface area (Å²) in [7, 11) is 0. The monoisotopic (exact) mass is 519 g/mol. The first-order valence-corrected chi connectivity index (χ1v) is 11.5. The molecule has 0 spiro atoms. The number of pyridine rings is 2. The summed E-state index contributed by atoms with van der Waals surface area (Å²) in [4.78, 5) is 25.5. The van der Waals surface area contributed by atoms with Crippen LogP contribution in [0.25, 0.3) is 21.6 Å². The zero-order chi connectivity index (χ0) is 24.9. The smallest absolute Gasteiger partial charge is 0.256 e. The van der Waals surface area contributed by atoms with E-state index in [1.54, 1.807) is 42.5 Å². The second-order valence-corrected chi connectivity index (χ2v) is 8.86. The second kappa shape index (κ2) is 10.4. The highest BCUT2D eigenvalue weighted by molar-refractivity contribution is 7.18. The third-order valence-electron chi connectivity index (χ3n) is 4.85. The average Bonchev–Trinajstić information content (AvgIpc) is 3.24. The Balaban J connectivity index is 1.84. The van der Waals surface area contributed by atoms with Crippen LogP contribution >= 0.6 is 34.5 Å². The van der Waals surface area contributed by atoms with Gasteiger partial charge in [0.15, 0.2) is 5.84 Å². The van der Waals surface area contributed by atoms with E-state index in [1.165, 1.54) is 29.9 Å². The Kier molecular flexibility index (Phi) is 7.17. The molecule has 0 atom stereocenters. The molecule has 0 aliphatic carbocycles. The van der Waals surface area contributed by atoms with Gasteiger partial charge < -0.3 is 11.1 Å². The van der Waals surface area contributed by atoms with E-state index in [2.05, 4.69) is 26.3 Å². The number of aromatic nitrogens is 2. The van der Waals surface area contributed by atoms with Gasteiger partial charge in [0, 0.05) is 45.3 Å². The summed E-state index contributed by atoms with van der Waals surface area (Å²) in [5.41, 5.74) is 7.74. The number of aliphatic imine (C=N–C) groups is 1. The fourth-order valence-electron chi connectivity index (χ4n) is 3.32. The van der Waals surface area contributed by atoms with Gasteiger partial charge in [-0.05, 0) is 42.0 Å². The van der Waals surface area contributed by atoms with Crippen LogP contribution in [-0.4, -0.2) is 28.0 Å². The van der Waals surface area contributed by atoms with Crippen molar-refractivity contribution in [1.82, 2.24) is 9.97 Å². The lowest BCUT2D eigenvalue weighted by Gasteiger charge is -2.08. The largest absolute Gasteiger partial charge is 0.390 e. The van der Waals surface area contributed by atoms with Gasteiger partial charge in [0.05, 0.1) is 21.7 Å². The third-order valence-corrected chi connectivity index (χ3v) is 6.64. The fraction of sp³-hybridized carbons (Fsp3) is 0. The van der Waals surface area contributed by atoms with E-state index in [0.717, 1.165) is 6.34 Å². The number of thiophene rings is 1. The van der Waals surface area contributed by atoms with Gasteiger partial charge in [-0.25, -0.2) is 9.98 Å². The molecule has 0 unspecified atom stereocenters. The van der Waals surface area contributed by atoms with E-state index in [-0.39, 0.29) is 11.7 Å². The van der Waals surface area contributed by atoms with Crippen LogP contribution in [0.1, 0.15) is 20.8 Å². The number of hydrogen-bond acceptors (Lipinski definition) is 6.